The monoisotopic (exact) mass is 261 g/mol. The first-order valence-corrected chi connectivity index (χ1v) is 6.06. The highest BCUT2D eigenvalue weighted by Gasteiger charge is 2.23. The number of anilines is 1. The molecule has 4 heteroatoms. The second-order valence-corrected chi connectivity index (χ2v) is 4.60. The molecule has 2 nitrogen and oxygen atoms in total. The number of benzene rings is 2. The molecule has 1 aliphatic rings. The van der Waals surface area contributed by atoms with Crippen LogP contribution in [0.25, 0.3) is 0 Å². The average molecular weight is 261 g/mol. The van der Waals surface area contributed by atoms with Gasteiger partial charge in [-0.1, -0.05) is 12.1 Å². The highest BCUT2D eigenvalue weighted by Crippen LogP contribution is 2.36. The van der Waals surface area contributed by atoms with Crippen molar-refractivity contribution >= 4 is 5.69 Å². The molecule has 0 radical (unpaired) electrons. The molecule has 2 aromatic rings. The van der Waals surface area contributed by atoms with Gasteiger partial charge in [-0.05, 0) is 35.7 Å². The van der Waals surface area contributed by atoms with E-state index in [4.69, 9.17) is 4.74 Å². The summed E-state index contributed by atoms with van der Waals surface area (Å²) in [6.45, 7) is 0. The Labute approximate surface area is 110 Å². The standard InChI is InChI=1S/C15H13F2NO/c1-19-11-4-2-10-7-14(18-15(10)8-11)9-3-5-12(16)13(17)6-9/h2-6,8,14,18H,7H2,1H3. The third kappa shape index (κ3) is 2.14. The van der Waals surface area contributed by atoms with Crippen LogP contribution in [0, 0.1) is 11.6 Å². The molecule has 0 aliphatic carbocycles. The zero-order valence-corrected chi connectivity index (χ0v) is 10.4. The normalized spacial score (nSPS) is 16.9. The van der Waals surface area contributed by atoms with Gasteiger partial charge in [0.2, 0.25) is 0 Å². The predicted molar refractivity (Wildman–Crippen MR) is 69.4 cm³/mol. The number of halogens is 2. The number of ether oxygens (including phenoxy) is 1. The molecule has 19 heavy (non-hydrogen) atoms. The first kappa shape index (κ1) is 12.0. The maximum atomic E-state index is 13.3. The topological polar surface area (TPSA) is 21.3 Å². The first-order valence-electron chi connectivity index (χ1n) is 6.06. The van der Waals surface area contributed by atoms with Crippen molar-refractivity contribution in [2.45, 2.75) is 12.5 Å². The Kier molecular flexibility index (Phi) is 2.85. The Morgan fingerprint density at radius 1 is 1.11 bits per heavy atom. The van der Waals surface area contributed by atoms with Crippen LogP contribution in [0.4, 0.5) is 14.5 Å². The number of methoxy groups -OCH3 is 1. The van der Waals surface area contributed by atoms with Crippen molar-refractivity contribution in [2.24, 2.45) is 0 Å². The lowest BCUT2D eigenvalue weighted by atomic mass is 10.0. The van der Waals surface area contributed by atoms with Crippen molar-refractivity contribution < 1.29 is 13.5 Å². The van der Waals surface area contributed by atoms with Gasteiger partial charge in [0, 0.05) is 11.8 Å². The van der Waals surface area contributed by atoms with E-state index < -0.39 is 11.6 Å². The third-order valence-corrected chi connectivity index (χ3v) is 3.42. The van der Waals surface area contributed by atoms with Crippen LogP contribution in [0.2, 0.25) is 0 Å². The molecule has 0 saturated heterocycles. The van der Waals surface area contributed by atoms with E-state index in [0.717, 1.165) is 35.1 Å². The minimum Gasteiger partial charge on any atom is -0.497 e. The zero-order chi connectivity index (χ0) is 13.4. The molecule has 1 unspecified atom stereocenters. The summed E-state index contributed by atoms with van der Waals surface area (Å²) in [6, 6.07) is 9.78. The molecule has 2 aromatic carbocycles. The lowest BCUT2D eigenvalue weighted by Gasteiger charge is -2.12. The van der Waals surface area contributed by atoms with Gasteiger partial charge >= 0.3 is 0 Å². The average Bonchev–Trinajstić information content (AvgIpc) is 2.84. The first-order chi connectivity index (χ1) is 9.17. The van der Waals surface area contributed by atoms with Gasteiger partial charge in [0.1, 0.15) is 5.75 Å². The molecule has 0 bridgehead atoms. The Bertz CT molecular complexity index is 628. The lowest BCUT2D eigenvalue weighted by molar-refractivity contribution is 0.415. The van der Waals surface area contributed by atoms with Crippen molar-refractivity contribution in [1.29, 1.82) is 0 Å². The fourth-order valence-electron chi connectivity index (χ4n) is 2.38. The maximum Gasteiger partial charge on any atom is 0.159 e. The molecule has 0 aromatic heterocycles. The van der Waals surface area contributed by atoms with E-state index in [1.165, 1.54) is 6.07 Å². The van der Waals surface area contributed by atoms with Crippen LogP contribution >= 0.6 is 0 Å². The van der Waals surface area contributed by atoms with Gasteiger partial charge in [-0.3, -0.25) is 0 Å². The highest BCUT2D eigenvalue weighted by atomic mass is 19.2. The number of hydrogen-bond acceptors (Lipinski definition) is 2. The van der Waals surface area contributed by atoms with E-state index in [1.54, 1.807) is 13.2 Å². The van der Waals surface area contributed by atoms with Crippen LogP contribution in [0.15, 0.2) is 36.4 Å². The predicted octanol–water partition coefficient (Wildman–Crippen LogP) is 3.68. The largest absolute Gasteiger partial charge is 0.497 e. The van der Waals surface area contributed by atoms with Gasteiger partial charge in [0.15, 0.2) is 11.6 Å². The molecule has 0 saturated carbocycles. The highest BCUT2D eigenvalue weighted by molar-refractivity contribution is 5.61. The summed E-state index contributed by atoms with van der Waals surface area (Å²) in [6.07, 6.45) is 0.754. The minimum absolute atomic E-state index is 0.0304. The van der Waals surface area contributed by atoms with E-state index in [9.17, 15) is 8.78 Å². The fourth-order valence-corrected chi connectivity index (χ4v) is 2.38. The van der Waals surface area contributed by atoms with Crippen LogP contribution < -0.4 is 10.1 Å². The number of fused-ring (bicyclic) bond motifs is 1. The quantitative estimate of drug-likeness (QED) is 0.890. The minimum atomic E-state index is -0.819. The second-order valence-electron chi connectivity index (χ2n) is 4.60. The van der Waals surface area contributed by atoms with Crippen molar-refractivity contribution in [3.63, 3.8) is 0 Å². The molecule has 1 heterocycles. The maximum absolute atomic E-state index is 13.3. The Hall–Kier alpha value is -2.10. The van der Waals surface area contributed by atoms with Crippen LogP contribution in [0.1, 0.15) is 17.2 Å². The lowest BCUT2D eigenvalue weighted by Crippen LogP contribution is -2.06. The molecular weight excluding hydrogens is 248 g/mol. The molecule has 0 amide bonds. The summed E-state index contributed by atoms with van der Waals surface area (Å²) >= 11 is 0. The van der Waals surface area contributed by atoms with Crippen molar-refractivity contribution in [2.75, 3.05) is 12.4 Å². The Morgan fingerprint density at radius 2 is 1.95 bits per heavy atom. The molecule has 3 rings (SSSR count). The molecule has 0 fully saturated rings. The number of nitrogens with one attached hydrogen (secondary N) is 1. The van der Waals surface area contributed by atoms with E-state index in [0.29, 0.717) is 0 Å². The Balaban J connectivity index is 1.88. The zero-order valence-electron chi connectivity index (χ0n) is 10.4. The summed E-state index contributed by atoms with van der Waals surface area (Å²) in [4.78, 5) is 0. The summed E-state index contributed by atoms with van der Waals surface area (Å²) in [5.74, 6) is -0.856. The van der Waals surface area contributed by atoms with Crippen molar-refractivity contribution in [1.82, 2.24) is 0 Å². The van der Waals surface area contributed by atoms with E-state index in [-0.39, 0.29) is 6.04 Å². The van der Waals surface area contributed by atoms with E-state index in [2.05, 4.69) is 5.32 Å². The van der Waals surface area contributed by atoms with Crippen LogP contribution in [-0.2, 0) is 6.42 Å². The van der Waals surface area contributed by atoms with Gasteiger partial charge in [-0.15, -0.1) is 0 Å². The van der Waals surface area contributed by atoms with Gasteiger partial charge in [-0.25, -0.2) is 8.78 Å². The van der Waals surface area contributed by atoms with Gasteiger partial charge in [0.05, 0.1) is 13.2 Å². The van der Waals surface area contributed by atoms with Gasteiger partial charge < -0.3 is 10.1 Å². The number of hydrogen-bond donors (Lipinski definition) is 1. The molecule has 1 N–H and O–H groups in total. The Morgan fingerprint density at radius 3 is 2.68 bits per heavy atom. The van der Waals surface area contributed by atoms with Crippen LogP contribution in [0.3, 0.4) is 0 Å². The van der Waals surface area contributed by atoms with Crippen molar-refractivity contribution in [3.8, 4) is 5.75 Å². The van der Waals surface area contributed by atoms with E-state index in [1.807, 2.05) is 18.2 Å². The van der Waals surface area contributed by atoms with Gasteiger partial charge in [-0.2, -0.15) is 0 Å². The second kappa shape index (κ2) is 4.53. The molecule has 98 valence electrons. The molecular formula is C15H13F2NO. The molecule has 1 aliphatic heterocycles. The SMILES string of the molecule is COc1ccc2c(c1)NC(c1ccc(F)c(F)c1)C2. The smallest absolute Gasteiger partial charge is 0.159 e. The molecule has 1 atom stereocenters. The third-order valence-electron chi connectivity index (χ3n) is 3.42. The molecule has 0 spiro atoms. The van der Waals surface area contributed by atoms with E-state index >= 15 is 0 Å². The summed E-state index contributed by atoms with van der Waals surface area (Å²) < 4.78 is 31.4. The van der Waals surface area contributed by atoms with Crippen molar-refractivity contribution in [3.05, 3.63) is 59.2 Å². The summed E-state index contributed by atoms with van der Waals surface area (Å²) in [5, 5.41) is 3.30. The summed E-state index contributed by atoms with van der Waals surface area (Å²) in [5.41, 5.74) is 2.87. The van der Waals surface area contributed by atoms with Crippen LogP contribution in [-0.4, -0.2) is 7.11 Å². The number of rotatable bonds is 2. The summed E-state index contributed by atoms with van der Waals surface area (Å²) in [7, 11) is 1.61. The fraction of sp³-hybridized carbons (Fsp3) is 0.200. The van der Waals surface area contributed by atoms with Gasteiger partial charge in [0.25, 0.3) is 0 Å². The van der Waals surface area contributed by atoms with Crippen LogP contribution in [0.5, 0.6) is 5.75 Å².